The second kappa shape index (κ2) is 7.76. The molecule has 1 aromatic rings. The van der Waals surface area contributed by atoms with Gasteiger partial charge in [-0.1, -0.05) is 17.7 Å². The molecule has 0 saturated carbocycles. The monoisotopic (exact) mass is 284 g/mol. The third kappa shape index (κ3) is 5.72. The van der Waals surface area contributed by atoms with Crippen LogP contribution in [0.5, 0.6) is 0 Å². The molecule has 5 nitrogen and oxygen atoms in total. The van der Waals surface area contributed by atoms with E-state index in [1.165, 1.54) is 0 Å². The molecule has 1 atom stereocenters. The number of benzene rings is 1. The van der Waals surface area contributed by atoms with E-state index in [4.69, 9.17) is 16.3 Å². The maximum atomic E-state index is 11.6. The third-order valence-electron chi connectivity index (χ3n) is 2.32. The van der Waals surface area contributed by atoms with E-state index in [0.29, 0.717) is 17.3 Å². The van der Waals surface area contributed by atoms with E-state index in [9.17, 15) is 9.59 Å². The number of carbonyl (C=O) groups excluding carboxylic acids is 2. The van der Waals surface area contributed by atoms with E-state index in [2.05, 4.69) is 10.6 Å². The Balaban J connectivity index is 2.38. The van der Waals surface area contributed by atoms with E-state index < -0.39 is 6.04 Å². The highest BCUT2D eigenvalue weighted by atomic mass is 35.5. The number of hydrogen-bond acceptors (Lipinski definition) is 4. The lowest BCUT2D eigenvalue weighted by molar-refractivity contribution is -0.145. The summed E-state index contributed by atoms with van der Waals surface area (Å²) >= 11 is 5.80. The second-order valence-corrected chi connectivity index (χ2v) is 4.35. The Kier molecular flexibility index (Phi) is 6.32. The summed E-state index contributed by atoms with van der Waals surface area (Å²) in [4.78, 5) is 23.0. The summed E-state index contributed by atoms with van der Waals surface area (Å²) in [6, 6.07) is 6.32. The molecule has 19 heavy (non-hydrogen) atoms. The van der Waals surface area contributed by atoms with Gasteiger partial charge < -0.3 is 10.1 Å². The molecular formula is C13H17ClN2O3. The van der Waals surface area contributed by atoms with Crippen LogP contribution < -0.4 is 10.6 Å². The van der Waals surface area contributed by atoms with Gasteiger partial charge in [-0.2, -0.15) is 0 Å². The van der Waals surface area contributed by atoms with Crippen LogP contribution in [0.3, 0.4) is 0 Å². The largest absolute Gasteiger partial charge is 0.465 e. The van der Waals surface area contributed by atoms with Gasteiger partial charge in [0.2, 0.25) is 5.91 Å². The lowest BCUT2D eigenvalue weighted by Gasteiger charge is -2.12. The van der Waals surface area contributed by atoms with Gasteiger partial charge in [0.1, 0.15) is 6.04 Å². The highest BCUT2D eigenvalue weighted by Gasteiger charge is 2.14. The smallest absolute Gasteiger partial charge is 0.322 e. The van der Waals surface area contributed by atoms with Crippen LogP contribution >= 0.6 is 11.6 Å². The molecule has 0 bridgehead atoms. The van der Waals surface area contributed by atoms with E-state index in [1.807, 2.05) is 0 Å². The molecule has 0 spiro atoms. The first kappa shape index (κ1) is 15.5. The van der Waals surface area contributed by atoms with Crippen LogP contribution in [-0.4, -0.2) is 31.1 Å². The van der Waals surface area contributed by atoms with Gasteiger partial charge in [0.15, 0.2) is 0 Å². The van der Waals surface area contributed by atoms with Crippen LogP contribution in [-0.2, 0) is 14.3 Å². The Morgan fingerprint density at radius 1 is 1.42 bits per heavy atom. The number of amides is 1. The van der Waals surface area contributed by atoms with Gasteiger partial charge in [0.05, 0.1) is 13.2 Å². The Morgan fingerprint density at radius 2 is 2.16 bits per heavy atom. The normalized spacial score (nSPS) is 11.7. The number of rotatable bonds is 6. The zero-order valence-electron chi connectivity index (χ0n) is 10.9. The third-order valence-corrected chi connectivity index (χ3v) is 2.55. The lowest BCUT2D eigenvalue weighted by atomic mass is 10.3. The molecule has 1 unspecified atom stereocenters. The van der Waals surface area contributed by atoms with Crippen molar-refractivity contribution in [2.75, 3.05) is 18.5 Å². The first-order valence-electron chi connectivity index (χ1n) is 5.98. The van der Waals surface area contributed by atoms with E-state index in [1.54, 1.807) is 38.1 Å². The molecule has 1 aromatic carbocycles. The first-order valence-corrected chi connectivity index (χ1v) is 6.36. The van der Waals surface area contributed by atoms with Gasteiger partial charge in [-0.3, -0.25) is 14.9 Å². The maximum absolute atomic E-state index is 11.6. The molecule has 0 saturated heterocycles. The van der Waals surface area contributed by atoms with Crippen molar-refractivity contribution in [2.24, 2.45) is 0 Å². The highest BCUT2D eigenvalue weighted by molar-refractivity contribution is 6.30. The fourth-order valence-electron chi connectivity index (χ4n) is 1.37. The SMILES string of the molecule is CCOC(=O)C(C)NCC(=O)Nc1cccc(Cl)c1. The summed E-state index contributed by atoms with van der Waals surface area (Å²) in [6.07, 6.45) is 0. The summed E-state index contributed by atoms with van der Waals surface area (Å²) in [5.74, 6) is -0.628. The molecule has 0 fully saturated rings. The second-order valence-electron chi connectivity index (χ2n) is 3.91. The van der Waals surface area contributed by atoms with Gasteiger partial charge in [0, 0.05) is 10.7 Å². The van der Waals surface area contributed by atoms with Crippen LogP contribution in [0.2, 0.25) is 5.02 Å². The molecule has 2 N–H and O–H groups in total. The van der Waals surface area contributed by atoms with Crippen molar-refractivity contribution in [2.45, 2.75) is 19.9 Å². The molecule has 1 amide bonds. The Morgan fingerprint density at radius 3 is 2.79 bits per heavy atom. The van der Waals surface area contributed by atoms with Gasteiger partial charge >= 0.3 is 5.97 Å². The molecule has 0 aromatic heterocycles. The molecule has 6 heteroatoms. The van der Waals surface area contributed by atoms with E-state index >= 15 is 0 Å². The molecule has 0 radical (unpaired) electrons. The zero-order chi connectivity index (χ0) is 14.3. The number of carbonyl (C=O) groups is 2. The Bertz CT molecular complexity index is 451. The molecule has 0 heterocycles. The topological polar surface area (TPSA) is 67.4 Å². The van der Waals surface area contributed by atoms with Crippen LogP contribution in [0.15, 0.2) is 24.3 Å². The number of ether oxygens (including phenoxy) is 1. The van der Waals surface area contributed by atoms with Crippen LogP contribution in [0.4, 0.5) is 5.69 Å². The summed E-state index contributed by atoms with van der Waals surface area (Å²) in [7, 11) is 0. The minimum atomic E-state index is -0.523. The average molecular weight is 285 g/mol. The van der Waals surface area contributed by atoms with Gasteiger partial charge in [-0.15, -0.1) is 0 Å². The lowest BCUT2D eigenvalue weighted by Crippen LogP contribution is -2.40. The van der Waals surface area contributed by atoms with Crippen molar-refractivity contribution in [1.29, 1.82) is 0 Å². The van der Waals surface area contributed by atoms with Crippen molar-refractivity contribution < 1.29 is 14.3 Å². The standard InChI is InChI=1S/C13H17ClN2O3/c1-3-19-13(18)9(2)15-8-12(17)16-11-6-4-5-10(14)7-11/h4-7,9,15H,3,8H2,1-2H3,(H,16,17). The Labute approximate surface area is 117 Å². The van der Waals surface area contributed by atoms with Crippen LogP contribution in [0, 0.1) is 0 Å². The molecule has 0 aliphatic carbocycles. The summed E-state index contributed by atoms with van der Waals surface area (Å²) in [5.41, 5.74) is 0.614. The summed E-state index contributed by atoms with van der Waals surface area (Å²) in [5, 5.41) is 6.00. The summed E-state index contributed by atoms with van der Waals surface area (Å²) in [6.45, 7) is 3.72. The van der Waals surface area contributed by atoms with E-state index in [-0.39, 0.29) is 18.4 Å². The average Bonchev–Trinajstić information content (AvgIpc) is 2.36. The van der Waals surface area contributed by atoms with Crippen molar-refractivity contribution in [3.05, 3.63) is 29.3 Å². The summed E-state index contributed by atoms with van der Waals surface area (Å²) < 4.78 is 4.82. The number of esters is 1. The predicted octanol–water partition coefficient (Wildman–Crippen LogP) is 1.82. The van der Waals surface area contributed by atoms with E-state index in [0.717, 1.165) is 0 Å². The van der Waals surface area contributed by atoms with Gasteiger partial charge in [0.25, 0.3) is 0 Å². The zero-order valence-corrected chi connectivity index (χ0v) is 11.7. The number of nitrogens with one attached hydrogen (secondary N) is 2. The molecular weight excluding hydrogens is 268 g/mol. The number of halogens is 1. The molecule has 0 aliphatic rings. The molecule has 0 aliphatic heterocycles. The molecule has 1 rings (SSSR count). The maximum Gasteiger partial charge on any atom is 0.322 e. The van der Waals surface area contributed by atoms with Crippen LogP contribution in [0.1, 0.15) is 13.8 Å². The fraction of sp³-hybridized carbons (Fsp3) is 0.385. The van der Waals surface area contributed by atoms with Gasteiger partial charge in [-0.25, -0.2) is 0 Å². The molecule has 104 valence electrons. The Hall–Kier alpha value is -1.59. The minimum absolute atomic E-state index is 0.0203. The van der Waals surface area contributed by atoms with Crippen molar-refractivity contribution in [1.82, 2.24) is 5.32 Å². The van der Waals surface area contributed by atoms with Gasteiger partial charge in [-0.05, 0) is 32.0 Å². The highest BCUT2D eigenvalue weighted by Crippen LogP contribution is 2.14. The fourth-order valence-corrected chi connectivity index (χ4v) is 1.56. The number of hydrogen-bond donors (Lipinski definition) is 2. The minimum Gasteiger partial charge on any atom is -0.465 e. The van der Waals surface area contributed by atoms with Crippen molar-refractivity contribution in [3.8, 4) is 0 Å². The van der Waals surface area contributed by atoms with Crippen LogP contribution in [0.25, 0.3) is 0 Å². The van der Waals surface area contributed by atoms with Crippen molar-refractivity contribution >= 4 is 29.2 Å². The quantitative estimate of drug-likeness (QED) is 0.782. The number of anilines is 1. The predicted molar refractivity (Wildman–Crippen MR) is 74.2 cm³/mol. The van der Waals surface area contributed by atoms with Crippen molar-refractivity contribution in [3.63, 3.8) is 0 Å². The first-order chi connectivity index (χ1) is 9.02.